The average molecular weight is 249 g/mol. The number of amides is 2. The number of urea groups is 1. The third-order valence-electron chi connectivity index (χ3n) is 3.11. The molecule has 0 saturated carbocycles. The maximum atomic E-state index is 12.1. The van der Waals surface area contributed by atoms with E-state index >= 15 is 0 Å². The van der Waals surface area contributed by atoms with E-state index in [1.807, 2.05) is 4.90 Å². The number of nitrogens with two attached hydrogens (primary N) is 1. The van der Waals surface area contributed by atoms with Gasteiger partial charge in [0.1, 0.15) is 5.75 Å². The van der Waals surface area contributed by atoms with Gasteiger partial charge < -0.3 is 20.7 Å². The number of methoxy groups -OCH3 is 1. The van der Waals surface area contributed by atoms with Crippen LogP contribution in [-0.4, -0.2) is 31.1 Å². The van der Waals surface area contributed by atoms with Gasteiger partial charge in [-0.05, 0) is 37.5 Å². The summed E-state index contributed by atoms with van der Waals surface area (Å²) in [5.41, 5.74) is 6.94. The number of nitrogen functional groups attached to an aromatic ring is 1. The molecule has 0 aromatic heterocycles. The van der Waals surface area contributed by atoms with E-state index in [4.69, 9.17) is 10.5 Å². The summed E-state index contributed by atoms with van der Waals surface area (Å²) < 4.78 is 5.20. The molecule has 1 aromatic carbocycles. The molecular formula is C13H19N3O2. The number of likely N-dealkylation sites (tertiary alicyclic amines) is 1. The summed E-state index contributed by atoms with van der Waals surface area (Å²) in [5.74, 6) is 0.620. The van der Waals surface area contributed by atoms with Gasteiger partial charge in [-0.15, -0.1) is 0 Å². The number of benzene rings is 1. The fraction of sp³-hybridized carbons (Fsp3) is 0.462. The van der Waals surface area contributed by atoms with Crippen LogP contribution in [0.1, 0.15) is 19.3 Å². The van der Waals surface area contributed by atoms with Crippen molar-refractivity contribution in [2.75, 3.05) is 31.2 Å². The molecule has 18 heavy (non-hydrogen) atoms. The minimum atomic E-state index is -0.0846. The van der Waals surface area contributed by atoms with Gasteiger partial charge in [-0.2, -0.15) is 0 Å². The summed E-state index contributed by atoms with van der Waals surface area (Å²) in [5, 5.41) is 2.85. The number of piperidine rings is 1. The van der Waals surface area contributed by atoms with Crippen molar-refractivity contribution < 1.29 is 9.53 Å². The Hall–Kier alpha value is -1.91. The minimum absolute atomic E-state index is 0.0846. The van der Waals surface area contributed by atoms with Gasteiger partial charge >= 0.3 is 6.03 Å². The van der Waals surface area contributed by atoms with Gasteiger partial charge in [0.25, 0.3) is 0 Å². The summed E-state index contributed by atoms with van der Waals surface area (Å²) in [6.45, 7) is 1.63. The summed E-state index contributed by atoms with van der Waals surface area (Å²) in [4.78, 5) is 13.9. The highest BCUT2D eigenvalue weighted by atomic mass is 16.5. The molecule has 1 aliphatic heterocycles. The Morgan fingerprint density at radius 1 is 1.33 bits per heavy atom. The van der Waals surface area contributed by atoms with Gasteiger partial charge in [-0.3, -0.25) is 0 Å². The topological polar surface area (TPSA) is 67.6 Å². The summed E-state index contributed by atoms with van der Waals surface area (Å²) in [7, 11) is 1.57. The number of anilines is 2. The first kappa shape index (κ1) is 12.5. The maximum Gasteiger partial charge on any atom is 0.321 e. The van der Waals surface area contributed by atoms with Crippen LogP contribution >= 0.6 is 0 Å². The molecule has 2 rings (SSSR count). The zero-order chi connectivity index (χ0) is 13.0. The molecule has 0 spiro atoms. The largest absolute Gasteiger partial charge is 0.495 e. The number of ether oxygens (including phenoxy) is 1. The van der Waals surface area contributed by atoms with E-state index in [0.29, 0.717) is 17.1 Å². The Kier molecular flexibility index (Phi) is 3.92. The normalized spacial score (nSPS) is 15.3. The van der Waals surface area contributed by atoms with Gasteiger partial charge in [0.15, 0.2) is 0 Å². The van der Waals surface area contributed by atoms with Crippen LogP contribution in [0.25, 0.3) is 0 Å². The molecule has 5 nitrogen and oxygen atoms in total. The van der Waals surface area contributed by atoms with Crippen molar-refractivity contribution in [3.8, 4) is 5.75 Å². The minimum Gasteiger partial charge on any atom is -0.495 e. The van der Waals surface area contributed by atoms with Crippen molar-refractivity contribution in [1.82, 2.24) is 4.90 Å². The highest BCUT2D eigenvalue weighted by molar-refractivity contribution is 5.91. The fourth-order valence-electron chi connectivity index (χ4n) is 2.11. The van der Waals surface area contributed by atoms with Crippen LogP contribution in [-0.2, 0) is 0 Å². The number of hydrogen-bond donors (Lipinski definition) is 2. The number of nitrogens with zero attached hydrogens (tertiary/aromatic N) is 1. The molecule has 1 aliphatic rings. The molecule has 1 heterocycles. The zero-order valence-electron chi connectivity index (χ0n) is 10.6. The third-order valence-corrected chi connectivity index (χ3v) is 3.11. The molecule has 98 valence electrons. The van der Waals surface area contributed by atoms with Gasteiger partial charge in [0, 0.05) is 18.8 Å². The van der Waals surface area contributed by atoms with Gasteiger partial charge in [-0.25, -0.2) is 4.79 Å². The lowest BCUT2D eigenvalue weighted by Gasteiger charge is -2.27. The molecule has 1 fully saturated rings. The summed E-state index contributed by atoms with van der Waals surface area (Å²) >= 11 is 0. The number of nitrogens with one attached hydrogen (secondary N) is 1. The monoisotopic (exact) mass is 249 g/mol. The average Bonchev–Trinajstić information content (AvgIpc) is 2.40. The van der Waals surface area contributed by atoms with Crippen molar-refractivity contribution in [2.45, 2.75) is 19.3 Å². The van der Waals surface area contributed by atoms with Crippen LogP contribution in [0.2, 0.25) is 0 Å². The van der Waals surface area contributed by atoms with Crippen molar-refractivity contribution in [2.24, 2.45) is 0 Å². The van der Waals surface area contributed by atoms with Gasteiger partial charge in [0.2, 0.25) is 0 Å². The van der Waals surface area contributed by atoms with E-state index in [1.165, 1.54) is 6.42 Å². The smallest absolute Gasteiger partial charge is 0.321 e. The lowest BCUT2D eigenvalue weighted by Crippen LogP contribution is -2.38. The van der Waals surface area contributed by atoms with Crippen LogP contribution in [0.5, 0.6) is 5.75 Å². The zero-order valence-corrected chi connectivity index (χ0v) is 10.6. The van der Waals surface area contributed by atoms with E-state index < -0.39 is 0 Å². The predicted octanol–water partition coefficient (Wildman–Crippen LogP) is 2.30. The standard InChI is InChI=1S/C13H19N3O2/c1-18-12-6-5-10(14)9-11(12)15-13(17)16-7-3-2-4-8-16/h5-6,9H,2-4,7-8,14H2,1H3,(H,15,17). The number of carbonyl (C=O) groups is 1. The van der Waals surface area contributed by atoms with Crippen LogP contribution in [0.15, 0.2) is 18.2 Å². The molecule has 3 N–H and O–H groups in total. The Morgan fingerprint density at radius 3 is 2.72 bits per heavy atom. The second-order valence-corrected chi connectivity index (χ2v) is 4.44. The van der Waals surface area contributed by atoms with Crippen LogP contribution < -0.4 is 15.8 Å². The van der Waals surface area contributed by atoms with Crippen LogP contribution in [0.4, 0.5) is 16.2 Å². The van der Waals surface area contributed by atoms with E-state index in [0.717, 1.165) is 25.9 Å². The second kappa shape index (κ2) is 5.62. The molecule has 0 atom stereocenters. The van der Waals surface area contributed by atoms with E-state index in [2.05, 4.69) is 5.32 Å². The van der Waals surface area contributed by atoms with E-state index in [9.17, 15) is 4.79 Å². The molecule has 0 unspecified atom stereocenters. The molecule has 0 bridgehead atoms. The predicted molar refractivity (Wildman–Crippen MR) is 71.8 cm³/mol. The molecule has 2 amide bonds. The molecular weight excluding hydrogens is 230 g/mol. The Bertz CT molecular complexity index is 428. The first-order valence-electron chi connectivity index (χ1n) is 6.20. The van der Waals surface area contributed by atoms with Crippen molar-refractivity contribution >= 4 is 17.4 Å². The van der Waals surface area contributed by atoms with Crippen LogP contribution in [0, 0.1) is 0 Å². The molecule has 5 heteroatoms. The summed E-state index contributed by atoms with van der Waals surface area (Å²) in [6.07, 6.45) is 3.34. The van der Waals surface area contributed by atoms with Gasteiger partial charge in [0.05, 0.1) is 12.8 Å². The third kappa shape index (κ3) is 2.85. The number of hydrogen-bond acceptors (Lipinski definition) is 3. The Labute approximate surface area is 107 Å². The SMILES string of the molecule is COc1ccc(N)cc1NC(=O)N1CCCCC1. The van der Waals surface area contributed by atoms with E-state index in [1.54, 1.807) is 25.3 Å². The lowest BCUT2D eigenvalue weighted by molar-refractivity contribution is 0.200. The molecule has 0 aliphatic carbocycles. The van der Waals surface area contributed by atoms with Crippen molar-refractivity contribution in [3.05, 3.63) is 18.2 Å². The first-order valence-corrected chi connectivity index (χ1v) is 6.20. The first-order chi connectivity index (χ1) is 8.70. The van der Waals surface area contributed by atoms with Crippen molar-refractivity contribution in [3.63, 3.8) is 0 Å². The van der Waals surface area contributed by atoms with E-state index in [-0.39, 0.29) is 6.03 Å². The molecule has 1 saturated heterocycles. The van der Waals surface area contributed by atoms with Crippen LogP contribution in [0.3, 0.4) is 0 Å². The quantitative estimate of drug-likeness (QED) is 0.790. The highest BCUT2D eigenvalue weighted by Crippen LogP contribution is 2.27. The fourth-order valence-corrected chi connectivity index (χ4v) is 2.11. The number of carbonyl (C=O) groups excluding carboxylic acids is 1. The Balaban J connectivity index is 2.07. The highest BCUT2D eigenvalue weighted by Gasteiger charge is 2.17. The number of rotatable bonds is 2. The van der Waals surface area contributed by atoms with Crippen molar-refractivity contribution in [1.29, 1.82) is 0 Å². The second-order valence-electron chi connectivity index (χ2n) is 4.44. The molecule has 1 aromatic rings. The lowest BCUT2D eigenvalue weighted by atomic mass is 10.1. The Morgan fingerprint density at radius 2 is 2.06 bits per heavy atom. The molecule has 0 radical (unpaired) electrons. The van der Waals surface area contributed by atoms with Gasteiger partial charge in [-0.1, -0.05) is 0 Å². The maximum absolute atomic E-state index is 12.1. The summed E-state index contributed by atoms with van der Waals surface area (Å²) in [6, 6.07) is 5.12.